The summed E-state index contributed by atoms with van der Waals surface area (Å²) in [6.07, 6.45) is 2.58. The van der Waals surface area contributed by atoms with Crippen molar-refractivity contribution in [3.63, 3.8) is 0 Å². The maximum atomic E-state index is 12.7. The number of halogens is 1. The Balaban J connectivity index is 1.25. The second-order valence-electron chi connectivity index (χ2n) is 14.3. The number of pyridine rings is 1. The Morgan fingerprint density at radius 1 is 1.04 bits per heavy atom. The number of aryl methyl sites for hydroxylation is 2. The second kappa shape index (κ2) is 13.2. The van der Waals surface area contributed by atoms with Crippen LogP contribution >= 0.6 is 22.9 Å². The van der Waals surface area contributed by atoms with Gasteiger partial charge >= 0.3 is 12.1 Å². The Kier molecular flexibility index (Phi) is 9.08. The van der Waals surface area contributed by atoms with Gasteiger partial charge in [0.1, 0.15) is 10.5 Å². The Hall–Kier alpha value is -4.10. The third-order valence-electron chi connectivity index (χ3n) is 9.70. The van der Waals surface area contributed by atoms with E-state index in [0.717, 1.165) is 80.0 Å². The molecule has 5 aromatic rings. The lowest BCUT2D eigenvalue weighted by atomic mass is 9.83. The van der Waals surface area contributed by atoms with E-state index in [2.05, 4.69) is 11.0 Å². The van der Waals surface area contributed by atoms with Gasteiger partial charge in [-0.05, 0) is 94.8 Å². The SMILES string of the molecule is COC(=O)N1CN(C2CCC(c3nn(C)c4ccc(-c5nc6cc(C)c([C@H](OC(C)(C)C)C(=O)O)c(-c7ccc(Cl)cc7)c6s5)nc34)CC2)C1. The molecule has 4 heterocycles. The lowest BCUT2D eigenvalue weighted by molar-refractivity contribution is -0.160. The number of hydrogen-bond donors (Lipinski definition) is 1. The fourth-order valence-corrected chi connectivity index (χ4v) is 8.51. The summed E-state index contributed by atoms with van der Waals surface area (Å²) in [6, 6.07) is 13.9. The van der Waals surface area contributed by atoms with E-state index in [1.165, 1.54) is 18.4 Å². The highest BCUT2D eigenvalue weighted by Gasteiger charge is 2.37. The number of aliphatic carboxylic acids is 1. The molecule has 1 aliphatic carbocycles. The number of methoxy groups -OCH3 is 1. The average molecular weight is 717 g/mol. The fraction of sp³-hybridized carbons (Fsp3) is 0.432. The molecule has 3 aromatic heterocycles. The molecule has 0 unspecified atom stereocenters. The number of fused-ring (bicyclic) bond motifs is 2. The lowest BCUT2D eigenvalue weighted by Gasteiger charge is -2.47. The number of carboxylic acid groups (broad SMARTS) is 1. The molecule has 13 heteroatoms. The minimum absolute atomic E-state index is 0.277. The van der Waals surface area contributed by atoms with E-state index < -0.39 is 17.7 Å². The molecule has 262 valence electrons. The van der Waals surface area contributed by atoms with Crippen LogP contribution in [-0.2, 0) is 21.3 Å². The van der Waals surface area contributed by atoms with Crippen molar-refractivity contribution in [2.75, 3.05) is 20.4 Å². The van der Waals surface area contributed by atoms with Gasteiger partial charge in [-0.15, -0.1) is 11.3 Å². The monoisotopic (exact) mass is 716 g/mol. The third-order valence-corrected chi connectivity index (χ3v) is 11.1. The van der Waals surface area contributed by atoms with Crippen LogP contribution in [0.2, 0.25) is 5.02 Å². The summed E-state index contributed by atoms with van der Waals surface area (Å²) in [5.74, 6) is -0.774. The molecule has 0 bridgehead atoms. The number of hydrogen-bond acceptors (Lipinski definition) is 9. The summed E-state index contributed by atoms with van der Waals surface area (Å²) in [6.45, 7) is 8.71. The quantitative estimate of drug-likeness (QED) is 0.178. The molecule has 7 rings (SSSR count). The van der Waals surface area contributed by atoms with Gasteiger partial charge in [0.15, 0.2) is 6.10 Å². The Bertz CT molecular complexity index is 2090. The first-order valence-electron chi connectivity index (χ1n) is 16.8. The van der Waals surface area contributed by atoms with Crippen LogP contribution in [-0.4, -0.2) is 78.8 Å². The van der Waals surface area contributed by atoms with E-state index in [0.29, 0.717) is 30.0 Å². The zero-order valence-corrected chi connectivity index (χ0v) is 30.6. The summed E-state index contributed by atoms with van der Waals surface area (Å²) in [5, 5.41) is 16.7. The number of ether oxygens (including phenoxy) is 2. The van der Waals surface area contributed by atoms with Crippen LogP contribution in [0.5, 0.6) is 0 Å². The van der Waals surface area contributed by atoms with E-state index in [1.807, 2.05) is 75.8 Å². The van der Waals surface area contributed by atoms with E-state index in [1.54, 1.807) is 4.90 Å². The minimum Gasteiger partial charge on any atom is -0.479 e. The molecule has 2 aromatic carbocycles. The molecule has 0 radical (unpaired) electrons. The Morgan fingerprint density at radius 3 is 2.38 bits per heavy atom. The zero-order valence-electron chi connectivity index (χ0n) is 29.1. The highest BCUT2D eigenvalue weighted by atomic mass is 35.5. The summed E-state index contributed by atoms with van der Waals surface area (Å²) < 4.78 is 13.8. The zero-order chi connectivity index (χ0) is 35.5. The van der Waals surface area contributed by atoms with Crippen molar-refractivity contribution < 1.29 is 24.2 Å². The van der Waals surface area contributed by atoms with Crippen molar-refractivity contribution >= 4 is 56.3 Å². The number of rotatable bonds is 7. The smallest absolute Gasteiger partial charge is 0.411 e. The average Bonchev–Trinajstić information content (AvgIpc) is 3.63. The van der Waals surface area contributed by atoms with Gasteiger partial charge in [-0.25, -0.2) is 19.6 Å². The maximum Gasteiger partial charge on any atom is 0.411 e. The van der Waals surface area contributed by atoms with Crippen molar-refractivity contribution in [3.8, 4) is 21.8 Å². The number of thiazole rings is 1. The number of carbonyl (C=O) groups excluding carboxylic acids is 1. The molecule has 11 nitrogen and oxygen atoms in total. The number of carbonyl (C=O) groups is 2. The van der Waals surface area contributed by atoms with Crippen LogP contribution in [0.4, 0.5) is 4.79 Å². The van der Waals surface area contributed by atoms with Gasteiger partial charge in [0.05, 0.1) is 53.2 Å². The molecule has 1 amide bonds. The van der Waals surface area contributed by atoms with Gasteiger partial charge in [0.2, 0.25) is 0 Å². The van der Waals surface area contributed by atoms with Gasteiger partial charge in [0, 0.05) is 35.2 Å². The molecule has 1 saturated heterocycles. The predicted octanol–water partition coefficient (Wildman–Crippen LogP) is 8.14. The number of nitrogens with zero attached hydrogens (tertiary/aromatic N) is 6. The van der Waals surface area contributed by atoms with Crippen LogP contribution in [0.15, 0.2) is 42.5 Å². The van der Waals surface area contributed by atoms with Gasteiger partial charge in [0.25, 0.3) is 0 Å². The highest BCUT2D eigenvalue weighted by Crippen LogP contribution is 2.45. The molecule has 2 aliphatic rings. The largest absolute Gasteiger partial charge is 0.479 e. The van der Waals surface area contributed by atoms with E-state index in [4.69, 9.17) is 36.1 Å². The first kappa shape index (κ1) is 34.4. The summed E-state index contributed by atoms with van der Waals surface area (Å²) in [4.78, 5) is 38.8. The van der Waals surface area contributed by atoms with Crippen LogP contribution < -0.4 is 0 Å². The van der Waals surface area contributed by atoms with Crippen molar-refractivity contribution in [1.82, 2.24) is 29.5 Å². The maximum absolute atomic E-state index is 12.7. The normalized spacial score (nSPS) is 19.1. The molecule has 1 atom stereocenters. The van der Waals surface area contributed by atoms with Crippen molar-refractivity contribution in [2.24, 2.45) is 7.05 Å². The van der Waals surface area contributed by atoms with Crippen LogP contribution in [0.3, 0.4) is 0 Å². The Labute approximate surface area is 299 Å². The molecule has 1 N–H and O–H groups in total. The molecular formula is C37H41ClN6O5S. The number of benzene rings is 2. The molecule has 0 spiro atoms. The number of carboxylic acids is 1. The summed E-state index contributed by atoms with van der Waals surface area (Å²) in [7, 11) is 3.37. The van der Waals surface area contributed by atoms with Crippen LogP contribution in [0.25, 0.3) is 43.1 Å². The van der Waals surface area contributed by atoms with Gasteiger partial charge in [-0.3, -0.25) is 14.5 Å². The number of aromatic nitrogens is 4. The van der Waals surface area contributed by atoms with Gasteiger partial charge in [-0.2, -0.15) is 5.10 Å². The highest BCUT2D eigenvalue weighted by molar-refractivity contribution is 7.22. The van der Waals surface area contributed by atoms with Crippen LogP contribution in [0.1, 0.15) is 75.3 Å². The van der Waals surface area contributed by atoms with E-state index in [-0.39, 0.29) is 12.0 Å². The molecule has 1 saturated carbocycles. The number of amides is 1. The standard InChI is InChI=1S/C37H41ClN6O5S/c1-20-17-26-33(29(21-7-11-23(38)12-8-21)28(20)32(35(45)46)49-37(2,3)4)50-34(40-26)25-15-16-27-31(39-25)30(41-42(27)5)22-9-13-24(14-10-22)43-18-44(19-43)36(47)48-6/h7-8,11-12,15-17,22,24,32H,9-10,13-14,18-19H2,1-6H3,(H,45,46)/t22?,24?,32-/m0/s1. The molecule has 1 aliphatic heterocycles. The molecular weight excluding hydrogens is 676 g/mol. The topological polar surface area (TPSA) is 123 Å². The van der Waals surface area contributed by atoms with Crippen molar-refractivity contribution in [2.45, 2.75) is 77.0 Å². The van der Waals surface area contributed by atoms with Crippen LogP contribution in [0, 0.1) is 6.92 Å². The fourth-order valence-electron chi connectivity index (χ4n) is 7.29. The lowest BCUT2D eigenvalue weighted by Crippen LogP contribution is -2.61. The predicted molar refractivity (Wildman–Crippen MR) is 194 cm³/mol. The summed E-state index contributed by atoms with van der Waals surface area (Å²) >= 11 is 7.77. The minimum atomic E-state index is -1.19. The van der Waals surface area contributed by atoms with Gasteiger partial charge < -0.3 is 14.6 Å². The van der Waals surface area contributed by atoms with Crippen molar-refractivity contribution in [3.05, 3.63) is 64.3 Å². The van der Waals surface area contributed by atoms with E-state index in [9.17, 15) is 14.7 Å². The second-order valence-corrected chi connectivity index (χ2v) is 15.7. The first-order chi connectivity index (χ1) is 23.8. The van der Waals surface area contributed by atoms with E-state index >= 15 is 0 Å². The third kappa shape index (κ3) is 6.45. The molecule has 50 heavy (non-hydrogen) atoms. The van der Waals surface area contributed by atoms with Gasteiger partial charge in [-0.1, -0.05) is 23.7 Å². The Morgan fingerprint density at radius 2 is 1.74 bits per heavy atom. The first-order valence-corrected chi connectivity index (χ1v) is 18.0. The van der Waals surface area contributed by atoms with Crippen molar-refractivity contribution in [1.29, 1.82) is 0 Å². The summed E-state index contributed by atoms with van der Waals surface area (Å²) in [5.41, 5.74) is 6.65. The molecule has 2 fully saturated rings.